The van der Waals surface area contributed by atoms with Crippen LogP contribution in [0.25, 0.3) is 0 Å². The molecule has 0 spiro atoms. The van der Waals surface area contributed by atoms with Crippen molar-refractivity contribution in [2.45, 2.75) is 46.0 Å². The summed E-state index contributed by atoms with van der Waals surface area (Å²) >= 11 is 6.08. The molecule has 2 heteroatoms. The van der Waals surface area contributed by atoms with Gasteiger partial charge in [-0.15, -0.1) is 0 Å². The van der Waals surface area contributed by atoms with E-state index in [1.165, 1.54) is 25.7 Å². The maximum Gasteiger partial charge on any atom is 0.163 e. The first kappa shape index (κ1) is 13.6. The van der Waals surface area contributed by atoms with Crippen LogP contribution >= 0.6 is 11.6 Å². The normalized spacial score (nSPS) is 23.9. The number of carbonyl (C=O) groups is 1. The molecule has 0 aliphatic heterocycles. The Morgan fingerprint density at radius 3 is 2.78 bits per heavy atom. The molecule has 0 amide bonds. The second kappa shape index (κ2) is 5.88. The summed E-state index contributed by atoms with van der Waals surface area (Å²) in [4.78, 5) is 12.4. The van der Waals surface area contributed by atoms with Crippen LogP contribution in [0.5, 0.6) is 0 Å². The third kappa shape index (κ3) is 2.95. The second-order valence-corrected chi connectivity index (χ2v) is 5.97. The van der Waals surface area contributed by atoms with Gasteiger partial charge in [-0.05, 0) is 36.8 Å². The van der Waals surface area contributed by atoms with Crippen molar-refractivity contribution in [1.29, 1.82) is 0 Å². The summed E-state index contributed by atoms with van der Waals surface area (Å²) in [6.45, 7) is 4.21. The van der Waals surface area contributed by atoms with Gasteiger partial charge in [0.05, 0.1) is 0 Å². The number of carbonyl (C=O) groups excluding carboxylic acids is 1. The topological polar surface area (TPSA) is 17.1 Å². The summed E-state index contributed by atoms with van der Waals surface area (Å²) in [5.41, 5.74) is 1.73. The molecule has 0 N–H and O–H groups in total. The molecule has 1 aliphatic carbocycles. The van der Waals surface area contributed by atoms with Crippen molar-refractivity contribution in [1.82, 2.24) is 0 Å². The highest BCUT2D eigenvalue weighted by atomic mass is 35.5. The number of ketones is 1. The van der Waals surface area contributed by atoms with Crippen LogP contribution in [0.2, 0.25) is 5.02 Å². The highest BCUT2D eigenvalue weighted by molar-refractivity contribution is 6.31. The first-order chi connectivity index (χ1) is 8.59. The molecule has 0 heterocycles. The van der Waals surface area contributed by atoms with E-state index in [-0.39, 0.29) is 5.78 Å². The number of hydrogen-bond donors (Lipinski definition) is 0. The van der Waals surface area contributed by atoms with E-state index in [1.54, 1.807) is 0 Å². The maximum absolute atomic E-state index is 12.4. The van der Waals surface area contributed by atoms with E-state index in [0.717, 1.165) is 11.1 Å². The Morgan fingerprint density at radius 2 is 2.06 bits per heavy atom. The zero-order valence-corrected chi connectivity index (χ0v) is 12.0. The fourth-order valence-electron chi connectivity index (χ4n) is 2.95. The Balaban J connectivity index is 2.09. The highest BCUT2D eigenvalue weighted by Gasteiger charge is 2.24. The molecule has 1 aromatic rings. The molecule has 2 unspecified atom stereocenters. The Labute approximate surface area is 115 Å². The van der Waals surface area contributed by atoms with Crippen LogP contribution in [-0.2, 0) is 0 Å². The lowest BCUT2D eigenvalue weighted by molar-refractivity contribution is 0.0926. The van der Waals surface area contributed by atoms with Crippen LogP contribution in [-0.4, -0.2) is 5.78 Å². The van der Waals surface area contributed by atoms with E-state index >= 15 is 0 Å². The molecule has 1 fully saturated rings. The lowest BCUT2D eigenvalue weighted by atomic mass is 9.77. The van der Waals surface area contributed by atoms with Crippen LogP contribution in [0.15, 0.2) is 18.2 Å². The van der Waals surface area contributed by atoms with Crippen LogP contribution in [0.4, 0.5) is 0 Å². The maximum atomic E-state index is 12.4. The predicted octanol–water partition coefficient (Wildman–Crippen LogP) is 5.05. The van der Waals surface area contributed by atoms with Crippen LogP contribution in [0.1, 0.15) is 54.9 Å². The van der Waals surface area contributed by atoms with E-state index in [4.69, 9.17) is 11.6 Å². The standard InChI is InChI=1S/C16H21ClO/c1-11-6-3-4-7-13(11)10-16(18)14-8-5-9-15(17)12(14)2/h5,8-9,11,13H,3-4,6-7,10H2,1-2H3. The monoisotopic (exact) mass is 264 g/mol. The molecule has 0 radical (unpaired) electrons. The SMILES string of the molecule is Cc1c(Cl)cccc1C(=O)CC1CCCCC1C. The van der Waals surface area contributed by atoms with Crippen LogP contribution < -0.4 is 0 Å². The molecule has 1 saturated carbocycles. The van der Waals surface area contributed by atoms with E-state index < -0.39 is 0 Å². The molecule has 1 nitrogen and oxygen atoms in total. The van der Waals surface area contributed by atoms with Crippen molar-refractivity contribution in [3.05, 3.63) is 34.3 Å². The average molecular weight is 265 g/mol. The Bertz CT molecular complexity index is 439. The summed E-state index contributed by atoms with van der Waals surface area (Å²) in [5, 5.41) is 0.692. The number of Topliss-reactive ketones (excluding diaryl/α,β-unsaturated/α-hetero) is 1. The highest BCUT2D eigenvalue weighted by Crippen LogP contribution is 2.33. The van der Waals surface area contributed by atoms with Crippen molar-refractivity contribution >= 4 is 17.4 Å². The van der Waals surface area contributed by atoms with Crippen molar-refractivity contribution in [2.24, 2.45) is 11.8 Å². The van der Waals surface area contributed by atoms with Gasteiger partial charge in [-0.1, -0.05) is 49.9 Å². The van der Waals surface area contributed by atoms with Gasteiger partial charge in [-0.3, -0.25) is 4.79 Å². The lowest BCUT2D eigenvalue weighted by Gasteiger charge is -2.28. The van der Waals surface area contributed by atoms with Gasteiger partial charge in [0, 0.05) is 17.0 Å². The van der Waals surface area contributed by atoms with Crippen molar-refractivity contribution in [3.63, 3.8) is 0 Å². The van der Waals surface area contributed by atoms with Gasteiger partial charge in [-0.2, -0.15) is 0 Å². The van der Waals surface area contributed by atoms with Crippen LogP contribution in [0.3, 0.4) is 0 Å². The molecule has 18 heavy (non-hydrogen) atoms. The predicted molar refractivity (Wildman–Crippen MR) is 76.3 cm³/mol. The summed E-state index contributed by atoms with van der Waals surface area (Å²) in [6, 6.07) is 5.61. The van der Waals surface area contributed by atoms with Gasteiger partial charge in [0.25, 0.3) is 0 Å². The molecular formula is C16H21ClO. The van der Waals surface area contributed by atoms with Gasteiger partial charge in [0.1, 0.15) is 0 Å². The van der Waals surface area contributed by atoms with Crippen molar-refractivity contribution in [3.8, 4) is 0 Å². The third-order valence-electron chi connectivity index (χ3n) is 4.30. The molecule has 2 rings (SSSR count). The Hall–Kier alpha value is -0.820. The molecule has 0 bridgehead atoms. The van der Waals surface area contributed by atoms with Gasteiger partial charge in [-0.25, -0.2) is 0 Å². The van der Waals surface area contributed by atoms with Gasteiger partial charge >= 0.3 is 0 Å². The number of hydrogen-bond acceptors (Lipinski definition) is 1. The summed E-state index contributed by atoms with van der Waals surface area (Å²) in [5.74, 6) is 1.50. The van der Waals surface area contributed by atoms with Crippen molar-refractivity contribution < 1.29 is 4.79 Å². The number of benzene rings is 1. The molecule has 2 atom stereocenters. The van der Waals surface area contributed by atoms with Gasteiger partial charge < -0.3 is 0 Å². The van der Waals surface area contributed by atoms with E-state index in [1.807, 2.05) is 25.1 Å². The zero-order chi connectivity index (χ0) is 13.1. The minimum absolute atomic E-state index is 0.258. The molecular weight excluding hydrogens is 244 g/mol. The number of rotatable bonds is 3. The van der Waals surface area contributed by atoms with Crippen LogP contribution in [0, 0.1) is 18.8 Å². The molecule has 1 aromatic carbocycles. The first-order valence-electron chi connectivity index (χ1n) is 6.88. The average Bonchev–Trinajstić information content (AvgIpc) is 2.35. The fourth-order valence-corrected chi connectivity index (χ4v) is 3.13. The fraction of sp³-hybridized carbons (Fsp3) is 0.562. The largest absolute Gasteiger partial charge is 0.294 e. The molecule has 98 valence electrons. The van der Waals surface area contributed by atoms with Gasteiger partial charge in [0.2, 0.25) is 0 Å². The van der Waals surface area contributed by atoms with E-state index in [0.29, 0.717) is 23.3 Å². The third-order valence-corrected chi connectivity index (χ3v) is 4.71. The zero-order valence-electron chi connectivity index (χ0n) is 11.2. The minimum Gasteiger partial charge on any atom is -0.294 e. The summed E-state index contributed by atoms with van der Waals surface area (Å²) < 4.78 is 0. The van der Waals surface area contributed by atoms with Crippen molar-refractivity contribution in [2.75, 3.05) is 0 Å². The summed E-state index contributed by atoms with van der Waals surface area (Å²) in [7, 11) is 0. The Morgan fingerprint density at radius 1 is 1.33 bits per heavy atom. The smallest absolute Gasteiger partial charge is 0.163 e. The van der Waals surface area contributed by atoms with E-state index in [9.17, 15) is 4.79 Å². The number of halogens is 1. The second-order valence-electron chi connectivity index (χ2n) is 5.56. The van der Waals surface area contributed by atoms with E-state index in [2.05, 4.69) is 6.92 Å². The lowest BCUT2D eigenvalue weighted by Crippen LogP contribution is -2.20. The van der Waals surface area contributed by atoms with Gasteiger partial charge in [0.15, 0.2) is 5.78 Å². The molecule has 0 aromatic heterocycles. The molecule has 0 saturated heterocycles. The minimum atomic E-state index is 0.258. The first-order valence-corrected chi connectivity index (χ1v) is 7.25. The summed E-state index contributed by atoms with van der Waals surface area (Å²) in [6.07, 6.45) is 5.75. The quantitative estimate of drug-likeness (QED) is 0.699. The molecule has 1 aliphatic rings. The Kier molecular flexibility index (Phi) is 4.45.